The minimum atomic E-state index is -1.01. The summed E-state index contributed by atoms with van der Waals surface area (Å²) in [7, 11) is 1.89. The second-order valence-electron chi connectivity index (χ2n) is 14.3. The molecular formula is C39H51F2N7O5. The van der Waals surface area contributed by atoms with Gasteiger partial charge in [0.2, 0.25) is 0 Å². The lowest BCUT2D eigenvalue weighted by Crippen LogP contribution is -2.57. The fraction of sp³-hybridized carbons (Fsp3) is 0.513. The predicted molar refractivity (Wildman–Crippen MR) is 202 cm³/mol. The minimum absolute atomic E-state index is 0. The van der Waals surface area contributed by atoms with Crippen LogP contribution in [0.3, 0.4) is 0 Å². The molecule has 2 aromatic heterocycles. The van der Waals surface area contributed by atoms with E-state index in [1.54, 1.807) is 18.3 Å². The molecule has 14 heteroatoms. The first-order valence-corrected chi connectivity index (χ1v) is 18.5. The van der Waals surface area contributed by atoms with Crippen LogP contribution >= 0.6 is 0 Å². The van der Waals surface area contributed by atoms with Gasteiger partial charge in [0.15, 0.2) is 5.82 Å². The van der Waals surface area contributed by atoms with Crippen LogP contribution in [0.5, 0.6) is 11.8 Å². The first-order valence-electron chi connectivity index (χ1n) is 18.5. The number of nitrogens with two attached hydrogens (primary N) is 1. The number of rotatable bonds is 6. The number of likely N-dealkylation sites (N-methyl/N-ethyl adjacent to an activating group) is 1. The molecule has 4 aliphatic rings. The van der Waals surface area contributed by atoms with Gasteiger partial charge < -0.3 is 30.2 Å². The van der Waals surface area contributed by atoms with E-state index in [-0.39, 0.29) is 37.6 Å². The van der Waals surface area contributed by atoms with Crippen LogP contribution in [-0.2, 0) is 11.2 Å². The van der Waals surface area contributed by atoms with E-state index in [0.717, 1.165) is 12.0 Å². The Kier molecular flexibility index (Phi) is 11.2. The molecule has 12 nitrogen and oxygen atoms in total. The number of hydrogen-bond donors (Lipinski definition) is 2. The van der Waals surface area contributed by atoms with Gasteiger partial charge in [-0.15, -0.1) is 0 Å². The van der Waals surface area contributed by atoms with Gasteiger partial charge >= 0.3 is 18.2 Å². The quantitative estimate of drug-likeness (QED) is 0.206. The summed E-state index contributed by atoms with van der Waals surface area (Å²) in [6.45, 7) is 9.53. The third kappa shape index (κ3) is 7.78. The van der Waals surface area contributed by atoms with Crippen LogP contribution in [0.2, 0.25) is 0 Å². The minimum Gasteiger partial charge on any atom is -0.461 e. The normalized spacial score (nSPS) is 23.3. The standard InChI is InChI=1S/C37H43F2N7O5.C2H6.H2/c1-4-11-37(17-24(38)19-45(37)3)21-50-34-42-31-27-18-41-30(29(31)39)26-16-25(51-33(40)47)15-23-9-5-8-22(28(23)26)10-6-14-49-35(48)44-36(2)12-7-13-46(20-36)32(27)43-34;1-2;/h5,8-9,15-16,18,24H,4,6-7,10-14,17,19-21H2,1-3H3,(H2,40,47)(H,44,48);1-2H3;1H/t24-,36-,37+;;/m1../s1. The van der Waals surface area contributed by atoms with E-state index in [1.807, 2.05) is 62.7 Å². The Bertz CT molecular complexity index is 2010. The molecule has 3 N–H and O–H groups in total. The molecule has 0 radical (unpaired) electrons. The van der Waals surface area contributed by atoms with Gasteiger partial charge in [0.1, 0.15) is 35.6 Å². The Hall–Kier alpha value is -4.85. The largest absolute Gasteiger partial charge is 0.461 e. The second-order valence-corrected chi connectivity index (χ2v) is 14.3. The maximum absolute atomic E-state index is 17.2. The molecule has 286 valence electrons. The molecule has 0 unspecified atom stereocenters. The number of nitrogens with zero attached hydrogens (tertiary/aromatic N) is 5. The van der Waals surface area contributed by atoms with E-state index in [4.69, 9.17) is 24.9 Å². The maximum Gasteiger partial charge on any atom is 0.409 e. The van der Waals surface area contributed by atoms with Crippen molar-refractivity contribution in [3.8, 4) is 23.0 Å². The molecule has 2 aromatic carbocycles. The van der Waals surface area contributed by atoms with Crippen LogP contribution in [0.1, 0.15) is 73.2 Å². The van der Waals surface area contributed by atoms with Crippen molar-refractivity contribution in [3.63, 3.8) is 0 Å². The second kappa shape index (κ2) is 15.6. The molecule has 6 heterocycles. The van der Waals surface area contributed by atoms with Crippen molar-refractivity contribution >= 4 is 39.7 Å². The molecule has 4 aromatic rings. The zero-order chi connectivity index (χ0) is 37.9. The summed E-state index contributed by atoms with van der Waals surface area (Å²) in [5, 5.41) is 4.78. The zero-order valence-corrected chi connectivity index (χ0v) is 31.1. The fourth-order valence-corrected chi connectivity index (χ4v) is 8.12. The SMILES string of the molecule is CC.CCC[C@@]1(COc2nc3c4cnc(c(F)c4n2)-c2cc(OC(N)=O)cc4cccc(c24)CCCOC(=O)N[C@]2(C)CCCN3C2)C[C@@H](F)CN1C.[HH]. The number of aryl methyl sites for hydroxylation is 1. The van der Waals surface area contributed by atoms with Crippen LogP contribution in [0.15, 0.2) is 36.5 Å². The number of carbonyl (C=O) groups is 2. The third-order valence-electron chi connectivity index (χ3n) is 10.4. The number of halogens is 2. The van der Waals surface area contributed by atoms with Gasteiger partial charge in [-0.25, -0.2) is 18.4 Å². The monoisotopic (exact) mass is 735 g/mol. The molecule has 0 saturated carbocycles. The smallest absolute Gasteiger partial charge is 0.409 e. The number of pyridine rings is 1. The summed E-state index contributed by atoms with van der Waals surface area (Å²) in [6.07, 6.45) is 3.31. The number of fused-ring (bicyclic) bond motifs is 6. The Balaban J connectivity index is 0.00000184. The van der Waals surface area contributed by atoms with Crippen molar-refractivity contribution in [2.45, 2.75) is 89.9 Å². The van der Waals surface area contributed by atoms with Crippen LogP contribution in [0.4, 0.5) is 24.2 Å². The number of carbonyl (C=O) groups excluding carboxylic acids is 2. The summed E-state index contributed by atoms with van der Waals surface area (Å²) in [5.74, 6) is -0.177. The fourth-order valence-electron chi connectivity index (χ4n) is 8.12. The number of alkyl carbamates (subject to hydrolysis) is 1. The molecule has 8 rings (SSSR count). The molecule has 53 heavy (non-hydrogen) atoms. The lowest BCUT2D eigenvalue weighted by Gasteiger charge is -2.41. The lowest BCUT2D eigenvalue weighted by atomic mass is 9.91. The summed E-state index contributed by atoms with van der Waals surface area (Å²) in [4.78, 5) is 42.9. The number of aromatic nitrogens is 3. The van der Waals surface area contributed by atoms with Crippen molar-refractivity contribution in [3.05, 3.63) is 47.9 Å². The number of ether oxygens (including phenoxy) is 3. The Morgan fingerprint density at radius 2 is 2.04 bits per heavy atom. The summed E-state index contributed by atoms with van der Waals surface area (Å²) in [5.41, 5.74) is 5.36. The number of amides is 2. The summed E-state index contributed by atoms with van der Waals surface area (Å²) in [6, 6.07) is 8.76. The number of alkyl halides is 1. The highest BCUT2D eigenvalue weighted by atomic mass is 19.1. The van der Waals surface area contributed by atoms with Gasteiger partial charge in [-0.1, -0.05) is 45.4 Å². The van der Waals surface area contributed by atoms with Crippen molar-refractivity contribution in [2.24, 2.45) is 5.73 Å². The molecule has 0 spiro atoms. The van der Waals surface area contributed by atoms with Crippen molar-refractivity contribution in [2.75, 3.05) is 44.8 Å². The number of nitrogens with one attached hydrogen (secondary N) is 1. The number of benzene rings is 2. The van der Waals surface area contributed by atoms with Gasteiger partial charge in [0, 0.05) is 39.2 Å². The van der Waals surface area contributed by atoms with Gasteiger partial charge in [0.05, 0.1) is 23.1 Å². The molecule has 2 amide bonds. The van der Waals surface area contributed by atoms with Crippen molar-refractivity contribution < 1.29 is 34.0 Å². The van der Waals surface area contributed by atoms with Gasteiger partial charge in [0.25, 0.3) is 0 Å². The number of hydrogen-bond acceptors (Lipinski definition) is 10. The molecule has 0 aliphatic carbocycles. The topological polar surface area (TPSA) is 145 Å². The summed E-state index contributed by atoms with van der Waals surface area (Å²) >= 11 is 0. The van der Waals surface area contributed by atoms with Gasteiger partial charge in [-0.3, -0.25) is 9.88 Å². The molecule has 2 saturated heterocycles. The highest BCUT2D eigenvalue weighted by Gasteiger charge is 2.44. The molecule has 3 atom stereocenters. The van der Waals surface area contributed by atoms with E-state index in [2.05, 4.69) is 15.3 Å². The van der Waals surface area contributed by atoms with Gasteiger partial charge in [-0.2, -0.15) is 9.97 Å². The van der Waals surface area contributed by atoms with Crippen LogP contribution < -0.4 is 25.4 Å². The van der Waals surface area contributed by atoms with Gasteiger partial charge in [-0.05, 0) is 74.5 Å². The Morgan fingerprint density at radius 1 is 1.23 bits per heavy atom. The van der Waals surface area contributed by atoms with E-state index in [1.165, 1.54) is 0 Å². The highest BCUT2D eigenvalue weighted by molar-refractivity contribution is 6.02. The number of piperidine rings is 1. The van der Waals surface area contributed by atoms with Crippen LogP contribution in [-0.4, -0.2) is 89.2 Å². The zero-order valence-electron chi connectivity index (χ0n) is 31.1. The first-order chi connectivity index (χ1) is 25.5. The third-order valence-corrected chi connectivity index (χ3v) is 10.4. The number of primary amides is 1. The summed E-state index contributed by atoms with van der Waals surface area (Å²) < 4.78 is 49.1. The van der Waals surface area contributed by atoms with E-state index in [9.17, 15) is 14.0 Å². The first kappa shape index (κ1) is 37.9. The van der Waals surface area contributed by atoms with Crippen molar-refractivity contribution in [1.82, 2.24) is 25.2 Å². The lowest BCUT2D eigenvalue weighted by molar-refractivity contribution is 0.0825. The van der Waals surface area contributed by atoms with Crippen LogP contribution in [0.25, 0.3) is 32.9 Å². The average molecular weight is 736 g/mol. The highest BCUT2D eigenvalue weighted by Crippen LogP contribution is 2.40. The van der Waals surface area contributed by atoms with E-state index < -0.39 is 35.3 Å². The molecular weight excluding hydrogens is 684 g/mol. The number of likely N-dealkylation sites (tertiary alicyclic amines) is 1. The van der Waals surface area contributed by atoms with Crippen LogP contribution in [0, 0.1) is 5.82 Å². The molecule has 2 fully saturated rings. The Morgan fingerprint density at radius 3 is 2.77 bits per heavy atom. The van der Waals surface area contributed by atoms with Crippen molar-refractivity contribution in [1.29, 1.82) is 0 Å². The van der Waals surface area contributed by atoms with E-state index in [0.29, 0.717) is 85.7 Å². The maximum atomic E-state index is 17.2. The Labute approximate surface area is 309 Å². The average Bonchev–Trinajstić information content (AvgIpc) is 3.40. The number of anilines is 1. The predicted octanol–water partition coefficient (Wildman–Crippen LogP) is 7.34. The molecule has 6 bridgehead atoms. The van der Waals surface area contributed by atoms with E-state index >= 15 is 4.39 Å². The molecule has 4 aliphatic heterocycles.